The van der Waals surface area contributed by atoms with Crippen molar-refractivity contribution in [1.82, 2.24) is 0 Å². The fraction of sp³-hybridized carbons (Fsp3) is 0.600. The van der Waals surface area contributed by atoms with Gasteiger partial charge in [0.1, 0.15) is 17.7 Å². The minimum Gasteiger partial charge on any atom is -0.377 e. The number of hydrogen-bond acceptors (Lipinski definition) is 3. The lowest BCUT2D eigenvalue weighted by molar-refractivity contribution is -0.140. The van der Waals surface area contributed by atoms with Gasteiger partial charge in [-0.15, -0.1) is 0 Å². The van der Waals surface area contributed by atoms with Crippen molar-refractivity contribution in [2.24, 2.45) is 11.3 Å². The van der Waals surface area contributed by atoms with Crippen LogP contribution >= 0.6 is 0 Å². The van der Waals surface area contributed by atoms with Crippen LogP contribution < -0.4 is 0 Å². The van der Waals surface area contributed by atoms with Crippen LogP contribution in [0.4, 0.5) is 0 Å². The second-order valence-electron chi connectivity index (χ2n) is 5.71. The van der Waals surface area contributed by atoms with Crippen LogP contribution in [0.1, 0.15) is 40.5 Å². The first-order chi connectivity index (χ1) is 8.23. The standard InChI is InChI=1S/C15H20O3/c1-11(6-8-16)5-7-15(18)12(2)9-13(17)10-14(15,3)4/h6,8,12,18H,9-10H2,1-4H3/b11-6-/t12-,15?/m0/s1. The molecule has 3 nitrogen and oxygen atoms in total. The Kier molecular flexibility index (Phi) is 4.13. The number of aliphatic hydroxyl groups is 1. The average Bonchev–Trinajstić information content (AvgIpc) is 2.23. The first kappa shape index (κ1) is 14.7. The molecule has 18 heavy (non-hydrogen) atoms. The van der Waals surface area contributed by atoms with Gasteiger partial charge in [-0.1, -0.05) is 32.6 Å². The largest absolute Gasteiger partial charge is 0.377 e. The topological polar surface area (TPSA) is 54.4 Å². The maximum Gasteiger partial charge on any atom is 0.143 e. The summed E-state index contributed by atoms with van der Waals surface area (Å²) in [5, 5.41) is 10.8. The van der Waals surface area contributed by atoms with Gasteiger partial charge in [0.15, 0.2) is 0 Å². The zero-order valence-electron chi connectivity index (χ0n) is 11.4. The molecule has 1 saturated carbocycles. The summed E-state index contributed by atoms with van der Waals surface area (Å²) in [6, 6.07) is 0. The van der Waals surface area contributed by atoms with Crippen LogP contribution in [0.5, 0.6) is 0 Å². The molecule has 1 aliphatic carbocycles. The molecule has 0 bridgehead atoms. The molecule has 0 saturated heterocycles. The first-order valence-corrected chi connectivity index (χ1v) is 6.12. The summed E-state index contributed by atoms with van der Waals surface area (Å²) in [6.45, 7) is 7.27. The molecule has 1 aliphatic rings. The number of ketones is 1. The van der Waals surface area contributed by atoms with Gasteiger partial charge in [0, 0.05) is 29.7 Å². The molecule has 0 aromatic rings. The minimum atomic E-state index is -1.20. The van der Waals surface area contributed by atoms with Crippen molar-refractivity contribution in [2.45, 2.75) is 46.1 Å². The highest BCUT2D eigenvalue weighted by atomic mass is 16.3. The number of aldehydes is 1. The second kappa shape index (κ2) is 5.07. The van der Waals surface area contributed by atoms with Crippen LogP contribution in [0, 0.1) is 23.2 Å². The van der Waals surface area contributed by atoms with E-state index in [0.717, 1.165) is 0 Å². The third kappa shape index (κ3) is 2.70. The van der Waals surface area contributed by atoms with E-state index in [1.807, 2.05) is 20.8 Å². The van der Waals surface area contributed by atoms with E-state index >= 15 is 0 Å². The lowest BCUT2D eigenvalue weighted by Gasteiger charge is -2.46. The Morgan fingerprint density at radius 2 is 2.11 bits per heavy atom. The lowest BCUT2D eigenvalue weighted by Crippen LogP contribution is -2.53. The molecule has 0 spiro atoms. The summed E-state index contributed by atoms with van der Waals surface area (Å²) < 4.78 is 0. The zero-order chi connectivity index (χ0) is 14.0. The summed E-state index contributed by atoms with van der Waals surface area (Å²) in [5.74, 6) is 5.64. The molecule has 1 rings (SSSR count). The van der Waals surface area contributed by atoms with Crippen LogP contribution in [-0.2, 0) is 9.59 Å². The van der Waals surface area contributed by atoms with Gasteiger partial charge in [0.2, 0.25) is 0 Å². The molecule has 0 radical (unpaired) electrons. The quantitative estimate of drug-likeness (QED) is 0.438. The van der Waals surface area contributed by atoms with Gasteiger partial charge in [0.25, 0.3) is 0 Å². The summed E-state index contributed by atoms with van der Waals surface area (Å²) in [4.78, 5) is 21.9. The van der Waals surface area contributed by atoms with Gasteiger partial charge in [-0.25, -0.2) is 0 Å². The van der Waals surface area contributed by atoms with Crippen molar-refractivity contribution in [3.05, 3.63) is 11.6 Å². The monoisotopic (exact) mass is 248 g/mol. The van der Waals surface area contributed by atoms with Crippen LogP contribution in [0.15, 0.2) is 11.6 Å². The number of Topliss-reactive ketones (excluding diaryl/α,β-unsaturated/α-hetero) is 1. The molecular formula is C15H20O3. The third-order valence-electron chi connectivity index (χ3n) is 3.69. The summed E-state index contributed by atoms with van der Waals surface area (Å²) >= 11 is 0. The Hall–Kier alpha value is -1.40. The highest BCUT2D eigenvalue weighted by Gasteiger charge is 2.51. The van der Waals surface area contributed by atoms with Crippen molar-refractivity contribution in [2.75, 3.05) is 0 Å². The molecule has 0 aromatic carbocycles. The van der Waals surface area contributed by atoms with Crippen molar-refractivity contribution in [3.63, 3.8) is 0 Å². The molecule has 98 valence electrons. The number of carbonyl (C=O) groups is 2. The van der Waals surface area contributed by atoms with E-state index < -0.39 is 11.0 Å². The van der Waals surface area contributed by atoms with Gasteiger partial charge < -0.3 is 5.11 Å². The fourth-order valence-electron chi connectivity index (χ4n) is 2.49. The summed E-state index contributed by atoms with van der Waals surface area (Å²) in [7, 11) is 0. The van der Waals surface area contributed by atoms with E-state index in [1.165, 1.54) is 6.08 Å². The molecule has 3 heteroatoms. The molecule has 1 N–H and O–H groups in total. The minimum absolute atomic E-state index is 0.166. The van der Waals surface area contributed by atoms with Gasteiger partial charge in [-0.05, 0) is 13.0 Å². The van der Waals surface area contributed by atoms with Gasteiger partial charge in [-0.2, -0.15) is 0 Å². The third-order valence-corrected chi connectivity index (χ3v) is 3.69. The average molecular weight is 248 g/mol. The Morgan fingerprint density at radius 3 is 2.61 bits per heavy atom. The van der Waals surface area contributed by atoms with E-state index in [1.54, 1.807) is 6.92 Å². The van der Waals surface area contributed by atoms with Crippen molar-refractivity contribution in [3.8, 4) is 11.8 Å². The number of allylic oxidation sites excluding steroid dienone is 2. The zero-order valence-corrected chi connectivity index (χ0v) is 11.4. The van der Waals surface area contributed by atoms with E-state index in [2.05, 4.69) is 11.8 Å². The predicted molar refractivity (Wildman–Crippen MR) is 69.7 cm³/mol. The predicted octanol–water partition coefficient (Wildman–Crippen LogP) is 1.89. The van der Waals surface area contributed by atoms with Crippen molar-refractivity contribution < 1.29 is 14.7 Å². The smallest absolute Gasteiger partial charge is 0.143 e. The normalized spacial score (nSPS) is 31.5. The van der Waals surface area contributed by atoms with Gasteiger partial charge >= 0.3 is 0 Å². The van der Waals surface area contributed by atoms with Crippen LogP contribution in [0.3, 0.4) is 0 Å². The molecule has 0 aromatic heterocycles. The maximum atomic E-state index is 11.6. The number of hydrogen-bond donors (Lipinski definition) is 1. The van der Waals surface area contributed by atoms with Gasteiger partial charge in [0.05, 0.1) is 0 Å². The van der Waals surface area contributed by atoms with Crippen LogP contribution in [0.2, 0.25) is 0 Å². The summed E-state index contributed by atoms with van der Waals surface area (Å²) in [6.07, 6.45) is 2.72. The maximum absolute atomic E-state index is 11.6. The van der Waals surface area contributed by atoms with Crippen LogP contribution in [0.25, 0.3) is 0 Å². The Balaban J connectivity index is 3.12. The Labute approximate surface area is 108 Å². The molecule has 0 aliphatic heterocycles. The fourth-order valence-corrected chi connectivity index (χ4v) is 2.49. The van der Waals surface area contributed by atoms with E-state index in [0.29, 0.717) is 24.7 Å². The summed E-state index contributed by atoms with van der Waals surface area (Å²) in [5.41, 5.74) is -1.16. The number of carbonyl (C=O) groups excluding carboxylic acids is 2. The SMILES string of the molecule is C/C(C#CC1(O)[C@@H](C)CC(=O)CC1(C)C)=C/C=O. The Morgan fingerprint density at radius 1 is 1.50 bits per heavy atom. The van der Waals surface area contributed by atoms with Gasteiger partial charge in [-0.3, -0.25) is 9.59 Å². The van der Waals surface area contributed by atoms with E-state index in [4.69, 9.17) is 0 Å². The molecule has 1 fully saturated rings. The highest BCUT2D eigenvalue weighted by Crippen LogP contribution is 2.45. The second-order valence-corrected chi connectivity index (χ2v) is 5.71. The first-order valence-electron chi connectivity index (χ1n) is 6.12. The molecule has 0 amide bonds. The molecule has 0 heterocycles. The van der Waals surface area contributed by atoms with Crippen molar-refractivity contribution >= 4 is 12.1 Å². The van der Waals surface area contributed by atoms with Crippen molar-refractivity contribution in [1.29, 1.82) is 0 Å². The highest BCUT2D eigenvalue weighted by molar-refractivity contribution is 5.81. The lowest BCUT2D eigenvalue weighted by atomic mass is 9.60. The molecular weight excluding hydrogens is 228 g/mol. The van der Waals surface area contributed by atoms with E-state index in [-0.39, 0.29) is 11.7 Å². The van der Waals surface area contributed by atoms with E-state index in [9.17, 15) is 14.7 Å². The molecule has 2 atom stereocenters. The Bertz CT molecular complexity index is 448. The molecule has 1 unspecified atom stereocenters. The number of rotatable bonds is 1. The van der Waals surface area contributed by atoms with Crippen LogP contribution in [-0.4, -0.2) is 22.8 Å².